The van der Waals surface area contributed by atoms with E-state index in [2.05, 4.69) is 10.1 Å². The summed E-state index contributed by atoms with van der Waals surface area (Å²) in [7, 11) is 3.15. The minimum Gasteiger partial charge on any atom is -0.493 e. The Kier molecular flexibility index (Phi) is 5.52. The Morgan fingerprint density at radius 2 is 2.04 bits per heavy atom. The number of thiophene rings is 1. The van der Waals surface area contributed by atoms with Crippen molar-refractivity contribution in [3.63, 3.8) is 0 Å². The number of carbonyl (C=O) groups excluding carboxylic acids is 1. The Balaban J connectivity index is 1.78. The van der Waals surface area contributed by atoms with E-state index in [1.165, 1.54) is 11.3 Å². The van der Waals surface area contributed by atoms with Gasteiger partial charge >= 0.3 is 0 Å². The van der Waals surface area contributed by atoms with Crippen molar-refractivity contribution in [1.29, 1.82) is 0 Å². The van der Waals surface area contributed by atoms with Crippen LogP contribution in [0.2, 0.25) is 0 Å². The van der Waals surface area contributed by atoms with Crippen LogP contribution < -0.4 is 9.47 Å². The van der Waals surface area contributed by atoms with E-state index >= 15 is 0 Å². The number of methoxy groups -OCH3 is 2. The molecule has 0 aliphatic heterocycles. The lowest BCUT2D eigenvalue weighted by atomic mass is 10.2. The van der Waals surface area contributed by atoms with Crippen molar-refractivity contribution < 1.29 is 18.8 Å². The van der Waals surface area contributed by atoms with E-state index in [0.717, 1.165) is 5.56 Å². The highest BCUT2D eigenvalue weighted by Crippen LogP contribution is 2.31. The summed E-state index contributed by atoms with van der Waals surface area (Å²) in [5.41, 5.74) is 0.741. The molecule has 0 spiro atoms. The van der Waals surface area contributed by atoms with E-state index in [9.17, 15) is 4.79 Å². The third-order valence-corrected chi connectivity index (χ3v) is 4.69. The number of carbonyl (C=O) groups is 1. The number of hydrogen-bond donors (Lipinski definition) is 0. The van der Waals surface area contributed by atoms with Crippen LogP contribution >= 0.6 is 11.3 Å². The van der Waals surface area contributed by atoms with Crippen molar-refractivity contribution in [3.05, 3.63) is 46.5 Å². The van der Waals surface area contributed by atoms with Gasteiger partial charge in [-0.3, -0.25) is 4.79 Å². The van der Waals surface area contributed by atoms with E-state index in [1.807, 2.05) is 24.4 Å². The van der Waals surface area contributed by atoms with E-state index in [1.54, 1.807) is 37.3 Å². The molecule has 1 amide bonds. The van der Waals surface area contributed by atoms with Gasteiger partial charge in [-0.2, -0.15) is 4.98 Å². The van der Waals surface area contributed by atoms with Crippen molar-refractivity contribution in [3.8, 4) is 22.9 Å². The zero-order chi connectivity index (χ0) is 18.5. The molecule has 0 unspecified atom stereocenters. The molecule has 8 heteroatoms. The predicted octanol–water partition coefficient (Wildman–Crippen LogP) is 3.48. The van der Waals surface area contributed by atoms with Crippen molar-refractivity contribution in [2.45, 2.75) is 13.5 Å². The second-order valence-corrected chi connectivity index (χ2v) is 6.33. The summed E-state index contributed by atoms with van der Waals surface area (Å²) in [6.07, 6.45) is 0. The summed E-state index contributed by atoms with van der Waals surface area (Å²) >= 11 is 1.41. The van der Waals surface area contributed by atoms with Gasteiger partial charge in [0.05, 0.1) is 19.1 Å². The third-order valence-electron chi connectivity index (χ3n) is 3.84. The fraction of sp³-hybridized carbons (Fsp3) is 0.278. The molecule has 3 aromatic rings. The van der Waals surface area contributed by atoms with Gasteiger partial charge in [0, 0.05) is 12.1 Å². The maximum Gasteiger partial charge on any atom is 0.264 e. The second kappa shape index (κ2) is 8.01. The van der Waals surface area contributed by atoms with Crippen LogP contribution in [0.5, 0.6) is 11.5 Å². The summed E-state index contributed by atoms with van der Waals surface area (Å²) in [6, 6.07) is 9.04. The zero-order valence-electron chi connectivity index (χ0n) is 14.8. The maximum atomic E-state index is 12.5. The van der Waals surface area contributed by atoms with Gasteiger partial charge in [-0.25, -0.2) is 0 Å². The Morgan fingerprint density at radius 3 is 2.69 bits per heavy atom. The molecule has 136 valence electrons. The highest BCUT2D eigenvalue weighted by Gasteiger charge is 2.19. The van der Waals surface area contributed by atoms with Crippen LogP contribution in [0.1, 0.15) is 22.5 Å². The summed E-state index contributed by atoms with van der Waals surface area (Å²) in [6.45, 7) is 2.72. The van der Waals surface area contributed by atoms with Crippen molar-refractivity contribution in [1.82, 2.24) is 15.0 Å². The van der Waals surface area contributed by atoms with Gasteiger partial charge in [-0.1, -0.05) is 11.2 Å². The number of benzene rings is 1. The number of hydrogen-bond acceptors (Lipinski definition) is 7. The zero-order valence-corrected chi connectivity index (χ0v) is 15.6. The first-order valence-corrected chi connectivity index (χ1v) is 8.92. The predicted molar refractivity (Wildman–Crippen MR) is 97.6 cm³/mol. The van der Waals surface area contributed by atoms with E-state index in [-0.39, 0.29) is 12.5 Å². The lowest BCUT2D eigenvalue weighted by Gasteiger charge is -2.17. The summed E-state index contributed by atoms with van der Waals surface area (Å²) in [5.74, 6) is 1.97. The Labute approximate surface area is 155 Å². The Morgan fingerprint density at radius 1 is 1.23 bits per heavy atom. The molecule has 0 radical (unpaired) electrons. The van der Waals surface area contributed by atoms with Crippen LogP contribution in [0, 0.1) is 0 Å². The van der Waals surface area contributed by atoms with Crippen molar-refractivity contribution in [2.24, 2.45) is 0 Å². The highest BCUT2D eigenvalue weighted by atomic mass is 32.1. The molecule has 0 saturated heterocycles. The molecular formula is C18H19N3O4S. The van der Waals surface area contributed by atoms with Crippen molar-refractivity contribution in [2.75, 3.05) is 20.8 Å². The average Bonchev–Trinajstić information content (AvgIpc) is 3.37. The number of aromatic nitrogens is 2. The molecule has 7 nitrogen and oxygen atoms in total. The van der Waals surface area contributed by atoms with Crippen molar-refractivity contribution >= 4 is 17.2 Å². The molecule has 1 aromatic carbocycles. The fourth-order valence-electron chi connectivity index (χ4n) is 2.46. The molecule has 0 atom stereocenters. The second-order valence-electron chi connectivity index (χ2n) is 5.38. The molecule has 0 saturated carbocycles. The quantitative estimate of drug-likeness (QED) is 0.631. The van der Waals surface area contributed by atoms with Gasteiger partial charge in [0.25, 0.3) is 5.91 Å². The van der Waals surface area contributed by atoms with Gasteiger partial charge in [-0.15, -0.1) is 11.3 Å². The molecule has 2 aromatic heterocycles. The average molecular weight is 373 g/mol. The first-order chi connectivity index (χ1) is 12.7. The molecule has 0 aliphatic rings. The normalized spacial score (nSPS) is 10.6. The van der Waals surface area contributed by atoms with Crippen LogP contribution in [0.4, 0.5) is 0 Å². The van der Waals surface area contributed by atoms with E-state index in [0.29, 0.717) is 34.6 Å². The monoisotopic (exact) mass is 373 g/mol. The summed E-state index contributed by atoms with van der Waals surface area (Å²) in [5, 5.41) is 5.89. The highest BCUT2D eigenvalue weighted by molar-refractivity contribution is 7.12. The number of rotatable bonds is 7. The number of amides is 1. The Hall–Kier alpha value is -2.87. The first kappa shape index (κ1) is 17.9. The number of ether oxygens (including phenoxy) is 2. The van der Waals surface area contributed by atoms with Gasteiger partial charge in [0.1, 0.15) is 6.54 Å². The molecule has 2 heterocycles. The summed E-state index contributed by atoms with van der Waals surface area (Å²) in [4.78, 5) is 19.2. The largest absolute Gasteiger partial charge is 0.493 e. The van der Waals surface area contributed by atoms with Crippen LogP contribution in [0.25, 0.3) is 11.4 Å². The molecule has 0 fully saturated rings. The molecule has 0 bridgehead atoms. The minimum absolute atomic E-state index is 0.0478. The first-order valence-electron chi connectivity index (χ1n) is 8.04. The molecule has 3 rings (SSSR count). The maximum absolute atomic E-state index is 12.5. The molecule has 26 heavy (non-hydrogen) atoms. The lowest BCUT2D eigenvalue weighted by Crippen LogP contribution is -2.29. The van der Waals surface area contributed by atoms with Gasteiger partial charge in [0.15, 0.2) is 11.5 Å². The van der Waals surface area contributed by atoms with Crippen LogP contribution in [-0.2, 0) is 6.54 Å². The van der Waals surface area contributed by atoms with Gasteiger partial charge in [0.2, 0.25) is 11.7 Å². The van der Waals surface area contributed by atoms with Crippen LogP contribution in [-0.4, -0.2) is 41.7 Å². The molecular weight excluding hydrogens is 354 g/mol. The van der Waals surface area contributed by atoms with Crippen LogP contribution in [0.15, 0.2) is 40.2 Å². The SMILES string of the molecule is CCN(Cc1nc(-c2ccc(OC)c(OC)c2)no1)C(=O)c1cccs1. The van der Waals surface area contributed by atoms with E-state index in [4.69, 9.17) is 14.0 Å². The molecule has 0 N–H and O–H groups in total. The topological polar surface area (TPSA) is 77.7 Å². The summed E-state index contributed by atoms with van der Waals surface area (Å²) < 4.78 is 15.9. The molecule has 0 aliphatic carbocycles. The Bertz CT molecular complexity index is 876. The lowest BCUT2D eigenvalue weighted by molar-refractivity contribution is 0.0739. The third kappa shape index (κ3) is 3.70. The smallest absolute Gasteiger partial charge is 0.264 e. The standard InChI is InChI=1S/C18H19N3O4S/c1-4-21(18(22)15-6-5-9-26-15)11-16-19-17(20-25-16)12-7-8-13(23-2)14(10-12)24-3/h5-10H,4,11H2,1-3H3. The van der Waals surface area contributed by atoms with Gasteiger partial charge < -0.3 is 18.9 Å². The van der Waals surface area contributed by atoms with Crippen LogP contribution in [0.3, 0.4) is 0 Å². The minimum atomic E-state index is -0.0478. The fourth-order valence-corrected chi connectivity index (χ4v) is 3.15. The van der Waals surface area contributed by atoms with E-state index < -0.39 is 0 Å². The van der Waals surface area contributed by atoms with Gasteiger partial charge in [-0.05, 0) is 36.6 Å². The number of nitrogens with zero attached hydrogens (tertiary/aromatic N) is 3.